The van der Waals surface area contributed by atoms with E-state index in [9.17, 15) is 5.11 Å². The fraction of sp³-hybridized carbons (Fsp3) is 0.667. The Kier molecular flexibility index (Phi) is 3.78. The van der Waals surface area contributed by atoms with Gasteiger partial charge in [0, 0.05) is 18.2 Å². The van der Waals surface area contributed by atoms with E-state index in [0.717, 1.165) is 37.1 Å². The average Bonchev–Trinajstić information content (AvgIpc) is 2.35. The van der Waals surface area contributed by atoms with Crippen molar-refractivity contribution in [2.75, 3.05) is 17.7 Å². The summed E-state index contributed by atoms with van der Waals surface area (Å²) in [6, 6.07) is 0.383. The van der Waals surface area contributed by atoms with Crippen LogP contribution in [0.15, 0.2) is 6.33 Å². The first-order valence-corrected chi connectivity index (χ1v) is 6.15. The SMILES string of the molecule is Cc1c(N)ncnc1NC1CCCC(CO)C1. The van der Waals surface area contributed by atoms with Crippen LogP contribution in [-0.4, -0.2) is 27.7 Å². The van der Waals surface area contributed by atoms with Gasteiger partial charge in [-0.2, -0.15) is 0 Å². The maximum absolute atomic E-state index is 9.20. The molecule has 0 bridgehead atoms. The molecule has 1 heterocycles. The Morgan fingerprint density at radius 2 is 2.29 bits per heavy atom. The third kappa shape index (κ3) is 2.85. The lowest BCUT2D eigenvalue weighted by atomic mass is 9.86. The van der Waals surface area contributed by atoms with Crippen LogP contribution in [-0.2, 0) is 0 Å². The number of nitrogen functional groups attached to an aromatic ring is 1. The van der Waals surface area contributed by atoms with E-state index in [2.05, 4.69) is 15.3 Å². The van der Waals surface area contributed by atoms with Crippen LogP contribution < -0.4 is 11.1 Å². The van der Waals surface area contributed by atoms with Gasteiger partial charge in [-0.15, -0.1) is 0 Å². The second kappa shape index (κ2) is 5.31. The number of anilines is 2. The van der Waals surface area contributed by atoms with Crippen molar-refractivity contribution in [3.8, 4) is 0 Å². The highest BCUT2D eigenvalue weighted by atomic mass is 16.3. The van der Waals surface area contributed by atoms with Crippen molar-refractivity contribution in [3.63, 3.8) is 0 Å². The first-order chi connectivity index (χ1) is 8.20. The van der Waals surface area contributed by atoms with Gasteiger partial charge in [0.15, 0.2) is 0 Å². The molecule has 1 aromatic heterocycles. The van der Waals surface area contributed by atoms with Gasteiger partial charge in [0.1, 0.15) is 18.0 Å². The van der Waals surface area contributed by atoms with E-state index in [1.165, 1.54) is 6.33 Å². The minimum atomic E-state index is 0.281. The van der Waals surface area contributed by atoms with Gasteiger partial charge < -0.3 is 16.2 Å². The molecule has 94 valence electrons. The molecule has 5 nitrogen and oxygen atoms in total. The molecule has 1 fully saturated rings. The largest absolute Gasteiger partial charge is 0.396 e. The zero-order valence-electron chi connectivity index (χ0n) is 10.2. The van der Waals surface area contributed by atoms with Gasteiger partial charge in [-0.1, -0.05) is 6.42 Å². The molecule has 2 rings (SSSR count). The van der Waals surface area contributed by atoms with Crippen molar-refractivity contribution in [2.45, 2.75) is 38.6 Å². The van der Waals surface area contributed by atoms with Crippen molar-refractivity contribution < 1.29 is 5.11 Å². The normalized spacial score (nSPS) is 24.6. The zero-order chi connectivity index (χ0) is 12.3. The van der Waals surface area contributed by atoms with Crippen LogP contribution in [0.3, 0.4) is 0 Å². The Labute approximate surface area is 101 Å². The molecule has 0 radical (unpaired) electrons. The number of hydrogen-bond acceptors (Lipinski definition) is 5. The summed E-state index contributed by atoms with van der Waals surface area (Å²) in [4.78, 5) is 8.17. The molecule has 0 aromatic carbocycles. The highest BCUT2D eigenvalue weighted by molar-refractivity contribution is 5.54. The standard InChI is InChI=1S/C12H20N4O/c1-8-11(13)14-7-15-12(8)16-10-4-2-3-9(5-10)6-17/h7,9-10,17H,2-6H2,1H3,(H3,13,14,15,16). The number of nitrogens with zero attached hydrogens (tertiary/aromatic N) is 2. The van der Waals surface area contributed by atoms with E-state index in [0.29, 0.717) is 17.8 Å². The Balaban J connectivity index is 2.02. The number of aliphatic hydroxyl groups excluding tert-OH is 1. The summed E-state index contributed by atoms with van der Waals surface area (Å²) in [5, 5.41) is 12.6. The maximum atomic E-state index is 9.20. The van der Waals surface area contributed by atoms with Gasteiger partial charge in [0.2, 0.25) is 0 Å². The zero-order valence-corrected chi connectivity index (χ0v) is 10.2. The molecule has 0 saturated heterocycles. The van der Waals surface area contributed by atoms with Crippen LogP contribution in [0.5, 0.6) is 0 Å². The molecular formula is C12H20N4O. The van der Waals surface area contributed by atoms with Gasteiger partial charge in [-0.05, 0) is 32.1 Å². The summed E-state index contributed by atoms with van der Waals surface area (Å²) in [7, 11) is 0. The minimum Gasteiger partial charge on any atom is -0.396 e. The van der Waals surface area contributed by atoms with Crippen molar-refractivity contribution in [3.05, 3.63) is 11.9 Å². The highest BCUT2D eigenvalue weighted by Crippen LogP contribution is 2.27. The number of aromatic nitrogens is 2. The van der Waals surface area contributed by atoms with E-state index in [1.807, 2.05) is 6.92 Å². The molecule has 0 amide bonds. The summed E-state index contributed by atoms with van der Waals surface area (Å²) in [6.45, 7) is 2.20. The lowest BCUT2D eigenvalue weighted by molar-refractivity contribution is 0.184. The number of rotatable bonds is 3. The second-order valence-electron chi connectivity index (χ2n) is 4.79. The summed E-state index contributed by atoms with van der Waals surface area (Å²) < 4.78 is 0. The summed E-state index contributed by atoms with van der Waals surface area (Å²) in [6.07, 6.45) is 5.89. The Bertz CT molecular complexity index is 383. The maximum Gasteiger partial charge on any atom is 0.134 e. The summed E-state index contributed by atoms with van der Waals surface area (Å²) in [5.74, 6) is 1.76. The number of hydrogen-bond donors (Lipinski definition) is 3. The van der Waals surface area contributed by atoms with Gasteiger partial charge in [-0.3, -0.25) is 0 Å². The van der Waals surface area contributed by atoms with Crippen LogP contribution in [0.1, 0.15) is 31.2 Å². The van der Waals surface area contributed by atoms with Crippen LogP contribution >= 0.6 is 0 Å². The van der Waals surface area contributed by atoms with Crippen LogP contribution in [0.4, 0.5) is 11.6 Å². The third-order valence-electron chi connectivity index (χ3n) is 3.50. The van der Waals surface area contributed by atoms with E-state index in [-0.39, 0.29) is 6.61 Å². The van der Waals surface area contributed by atoms with E-state index in [4.69, 9.17) is 5.73 Å². The smallest absolute Gasteiger partial charge is 0.134 e. The Morgan fingerprint density at radius 3 is 3.06 bits per heavy atom. The van der Waals surface area contributed by atoms with Crippen LogP contribution in [0.25, 0.3) is 0 Å². The molecule has 5 heteroatoms. The molecule has 1 aliphatic rings. The molecule has 2 unspecified atom stereocenters. The molecule has 0 spiro atoms. The second-order valence-corrected chi connectivity index (χ2v) is 4.79. The lowest BCUT2D eigenvalue weighted by Gasteiger charge is -2.29. The molecular weight excluding hydrogens is 216 g/mol. The first kappa shape index (κ1) is 12.1. The van der Waals surface area contributed by atoms with Gasteiger partial charge >= 0.3 is 0 Å². The monoisotopic (exact) mass is 236 g/mol. The molecule has 1 saturated carbocycles. The molecule has 17 heavy (non-hydrogen) atoms. The molecule has 1 aromatic rings. The fourth-order valence-corrected chi connectivity index (χ4v) is 2.39. The number of nitrogens with one attached hydrogen (secondary N) is 1. The van der Waals surface area contributed by atoms with Gasteiger partial charge in [-0.25, -0.2) is 9.97 Å². The third-order valence-corrected chi connectivity index (χ3v) is 3.50. The molecule has 2 atom stereocenters. The Morgan fingerprint density at radius 1 is 1.47 bits per heavy atom. The van der Waals surface area contributed by atoms with Crippen LogP contribution in [0, 0.1) is 12.8 Å². The van der Waals surface area contributed by atoms with Crippen molar-refractivity contribution in [1.82, 2.24) is 9.97 Å². The Hall–Kier alpha value is -1.36. The molecule has 4 N–H and O–H groups in total. The van der Waals surface area contributed by atoms with Crippen molar-refractivity contribution in [2.24, 2.45) is 5.92 Å². The van der Waals surface area contributed by atoms with Crippen molar-refractivity contribution >= 4 is 11.6 Å². The molecule has 0 aliphatic heterocycles. The quantitative estimate of drug-likeness (QED) is 0.737. The minimum absolute atomic E-state index is 0.281. The van der Waals surface area contributed by atoms with E-state index >= 15 is 0 Å². The highest BCUT2D eigenvalue weighted by Gasteiger charge is 2.22. The van der Waals surface area contributed by atoms with Gasteiger partial charge in [0.25, 0.3) is 0 Å². The van der Waals surface area contributed by atoms with Gasteiger partial charge in [0.05, 0.1) is 0 Å². The molecule has 1 aliphatic carbocycles. The average molecular weight is 236 g/mol. The predicted molar refractivity (Wildman–Crippen MR) is 67.6 cm³/mol. The van der Waals surface area contributed by atoms with Crippen LogP contribution in [0.2, 0.25) is 0 Å². The van der Waals surface area contributed by atoms with E-state index < -0.39 is 0 Å². The topological polar surface area (TPSA) is 84.1 Å². The first-order valence-electron chi connectivity index (χ1n) is 6.15. The number of nitrogens with two attached hydrogens (primary N) is 1. The lowest BCUT2D eigenvalue weighted by Crippen LogP contribution is -2.29. The summed E-state index contributed by atoms with van der Waals surface area (Å²) in [5.41, 5.74) is 6.65. The number of aliphatic hydroxyl groups is 1. The summed E-state index contributed by atoms with van der Waals surface area (Å²) >= 11 is 0. The van der Waals surface area contributed by atoms with E-state index in [1.54, 1.807) is 0 Å². The fourth-order valence-electron chi connectivity index (χ4n) is 2.39. The van der Waals surface area contributed by atoms with Crippen molar-refractivity contribution in [1.29, 1.82) is 0 Å². The predicted octanol–water partition coefficient (Wildman–Crippen LogP) is 1.33.